The van der Waals surface area contributed by atoms with E-state index >= 15 is 0 Å². The summed E-state index contributed by atoms with van der Waals surface area (Å²) in [5, 5.41) is 9.51. The molecule has 0 aromatic heterocycles. The largest absolute Gasteiger partial charge is 0.490 e. The van der Waals surface area contributed by atoms with Crippen LogP contribution in [0.15, 0.2) is 72.8 Å². The molecule has 3 rings (SSSR count). The molecule has 0 amide bonds. The first-order valence-corrected chi connectivity index (χ1v) is 9.46. The van der Waals surface area contributed by atoms with Crippen LogP contribution in [0.1, 0.15) is 22.3 Å². The predicted octanol–water partition coefficient (Wildman–Crippen LogP) is 5.39. The molecule has 0 heterocycles. The van der Waals surface area contributed by atoms with E-state index in [9.17, 15) is 9.90 Å². The van der Waals surface area contributed by atoms with E-state index in [4.69, 9.17) is 9.47 Å². The van der Waals surface area contributed by atoms with E-state index in [1.807, 2.05) is 68.4 Å². The SMILES string of the molecule is Cc1ccc(C)c(OCCOc2ccc(C=C(C(=O)O)c3ccccc3)cc2)c1. The average molecular weight is 388 g/mol. The van der Waals surface area contributed by atoms with Crippen LogP contribution in [-0.2, 0) is 4.79 Å². The van der Waals surface area contributed by atoms with Gasteiger partial charge in [0.25, 0.3) is 0 Å². The molecular formula is C25H24O4. The highest BCUT2D eigenvalue weighted by atomic mass is 16.5. The van der Waals surface area contributed by atoms with Gasteiger partial charge in [0, 0.05) is 0 Å². The Labute approximate surface area is 171 Å². The van der Waals surface area contributed by atoms with Crippen molar-refractivity contribution in [1.82, 2.24) is 0 Å². The zero-order valence-electron chi connectivity index (χ0n) is 16.6. The minimum atomic E-state index is -0.958. The summed E-state index contributed by atoms with van der Waals surface area (Å²) < 4.78 is 11.5. The molecule has 0 bridgehead atoms. The van der Waals surface area contributed by atoms with Crippen LogP contribution in [0.4, 0.5) is 0 Å². The van der Waals surface area contributed by atoms with Crippen molar-refractivity contribution in [3.8, 4) is 11.5 Å². The molecule has 0 aliphatic heterocycles. The minimum Gasteiger partial charge on any atom is -0.490 e. The number of benzene rings is 3. The quantitative estimate of drug-likeness (QED) is 0.319. The number of hydrogen-bond acceptors (Lipinski definition) is 3. The van der Waals surface area contributed by atoms with Crippen LogP contribution in [0.5, 0.6) is 11.5 Å². The van der Waals surface area contributed by atoms with Crippen LogP contribution in [0, 0.1) is 13.8 Å². The molecule has 0 fully saturated rings. The average Bonchev–Trinajstić information content (AvgIpc) is 2.73. The summed E-state index contributed by atoms with van der Waals surface area (Å²) in [7, 11) is 0. The van der Waals surface area contributed by atoms with Gasteiger partial charge in [0.15, 0.2) is 0 Å². The van der Waals surface area contributed by atoms with Gasteiger partial charge in [-0.25, -0.2) is 4.79 Å². The summed E-state index contributed by atoms with van der Waals surface area (Å²) in [5.41, 5.74) is 3.97. The molecular weight excluding hydrogens is 364 g/mol. The maximum absolute atomic E-state index is 11.6. The van der Waals surface area contributed by atoms with E-state index in [1.165, 1.54) is 0 Å². The molecule has 0 aliphatic rings. The second-order valence-electron chi connectivity index (χ2n) is 6.76. The van der Waals surface area contributed by atoms with Gasteiger partial charge in [-0.15, -0.1) is 0 Å². The number of carboxylic acid groups (broad SMARTS) is 1. The van der Waals surface area contributed by atoms with Crippen molar-refractivity contribution in [2.75, 3.05) is 13.2 Å². The fourth-order valence-electron chi connectivity index (χ4n) is 2.89. The van der Waals surface area contributed by atoms with Gasteiger partial charge in [-0.3, -0.25) is 0 Å². The maximum Gasteiger partial charge on any atom is 0.336 e. The second kappa shape index (κ2) is 9.60. The predicted molar refractivity (Wildman–Crippen MR) is 115 cm³/mol. The molecule has 3 aromatic rings. The lowest BCUT2D eigenvalue weighted by Crippen LogP contribution is -2.09. The first-order valence-electron chi connectivity index (χ1n) is 9.46. The summed E-state index contributed by atoms with van der Waals surface area (Å²) in [6, 6.07) is 22.5. The molecule has 0 spiro atoms. The fraction of sp³-hybridized carbons (Fsp3) is 0.160. The summed E-state index contributed by atoms with van der Waals surface area (Å²) >= 11 is 0. The number of hydrogen-bond donors (Lipinski definition) is 1. The van der Waals surface area contributed by atoms with Gasteiger partial charge < -0.3 is 14.6 Å². The monoisotopic (exact) mass is 388 g/mol. The highest BCUT2D eigenvalue weighted by molar-refractivity contribution is 6.20. The molecule has 1 N–H and O–H groups in total. The Morgan fingerprint density at radius 3 is 2.28 bits per heavy atom. The minimum absolute atomic E-state index is 0.251. The third-order valence-corrected chi connectivity index (χ3v) is 4.46. The van der Waals surface area contributed by atoms with Crippen molar-refractivity contribution in [2.45, 2.75) is 13.8 Å². The lowest BCUT2D eigenvalue weighted by Gasteiger charge is -2.11. The van der Waals surface area contributed by atoms with Gasteiger partial charge in [-0.2, -0.15) is 0 Å². The van der Waals surface area contributed by atoms with Crippen LogP contribution in [0.25, 0.3) is 11.6 Å². The molecule has 4 nitrogen and oxygen atoms in total. The summed E-state index contributed by atoms with van der Waals surface area (Å²) in [4.78, 5) is 11.6. The molecule has 0 aliphatic carbocycles. The molecule has 0 radical (unpaired) electrons. The molecule has 0 unspecified atom stereocenters. The lowest BCUT2D eigenvalue weighted by atomic mass is 10.0. The van der Waals surface area contributed by atoms with Gasteiger partial charge in [-0.1, -0.05) is 54.6 Å². The third-order valence-electron chi connectivity index (χ3n) is 4.46. The summed E-state index contributed by atoms with van der Waals surface area (Å²) in [6.45, 7) is 4.92. The Morgan fingerprint density at radius 1 is 0.897 bits per heavy atom. The second-order valence-corrected chi connectivity index (χ2v) is 6.76. The van der Waals surface area contributed by atoms with Crippen LogP contribution < -0.4 is 9.47 Å². The standard InChI is InChI=1S/C25H24O4/c1-18-8-9-19(2)24(16-18)29-15-14-28-22-12-10-20(11-13-22)17-23(25(26)27)21-6-4-3-5-7-21/h3-13,16-17H,14-15H2,1-2H3,(H,26,27). The van der Waals surface area contributed by atoms with E-state index in [0.717, 1.165) is 22.4 Å². The zero-order chi connectivity index (χ0) is 20.6. The molecule has 3 aromatic carbocycles. The van der Waals surface area contributed by atoms with Crippen molar-refractivity contribution in [3.05, 3.63) is 95.1 Å². The number of aliphatic carboxylic acids is 1. The smallest absolute Gasteiger partial charge is 0.336 e. The number of ether oxygens (including phenoxy) is 2. The number of aryl methyl sites for hydroxylation is 2. The van der Waals surface area contributed by atoms with E-state index in [-0.39, 0.29) is 5.57 Å². The van der Waals surface area contributed by atoms with Gasteiger partial charge >= 0.3 is 5.97 Å². The number of carboxylic acids is 1. The van der Waals surface area contributed by atoms with Crippen molar-refractivity contribution >= 4 is 17.6 Å². The number of carbonyl (C=O) groups is 1. The van der Waals surface area contributed by atoms with Crippen molar-refractivity contribution in [3.63, 3.8) is 0 Å². The maximum atomic E-state index is 11.6. The molecule has 0 saturated heterocycles. The Balaban J connectivity index is 1.58. The Morgan fingerprint density at radius 2 is 1.59 bits per heavy atom. The van der Waals surface area contributed by atoms with E-state index < -0.39 is 5.97 Å². The highest BCUT2D eigenvalue weighted by Gasteiger charge is 2.10. The van der Waals surface area contributed by atoms with Crippen molar-refractivity contribution in [1.29, 1.82) is 0 Å². The van der Waals surface area contributed by atoms with Crippen LogP contribution >= 0.6 is 0 Å². The Kier molecular flexibility index (Phi) is 6.69. The van der Waals surface area contributed by atoms with Crippen molar-refractivity contribution < 1.29 is 19.4 Å². The lowest BCUT2D eigenvalue weighted by molar-refractivity contribution is -0.130. The van der Waals surface area contributed by atoms with Crippen LogP contribution in [0.2, 0.25) is 0 Å². The van der Waals surface area contributed by atoms with Crippen molar-refractivity contribution in [2.24, 2.45) is 0 Å². The summed E-state index contributed by atoms with van der Waals surface area (Å²) in [5.74, 6) is 0.625. The zero-order valence-corrected chi connectivity index (χ0v) is 16.6. The van der Waals surface area contributed by atoms with Gasteiger partial charge in [0.2, 0.25) is 0 Å². The van der Waals surface area contributed by atoms with Gasteiger partial charge in [0.1, 0.15) is 24.7 Å². The molecule has 4 heteroatoms. The molecule has 0 atom stereocenters. The first kappa shape index (κ1) is 20.2. The first-order chi connectivity index (χ1) is 14.0. The topological polar surface area (TPSA) is 55.8 Å². The number of rotatable bonds is 8. The highest BCUT2D eigenvalue weighted by Crippen LogP contribution is 2.21. The van der Waals surface area contributed by atoms with Crippen LogP contribution in [0.3, 0.4) is 0 Å². The molecule has 0 saturated carbocycles. The third kappa shape index (κ3) is 5.72. The van der Waals surface area contributed by atoms with Gasteiger partial charge in [0.05, 0.1) is 5.57 Å². The molecule has 29 heavy (non-hydrogen) atoms. The fourth-order valence-corrected chi connectivity index (χ4v) is 2.89. The molecule has 148 valence electrons. The van der Waals surface area contributed by atoms with E-state index in [2.05, 4.69) is 6.07 Å². The van der Waals surface area contributed by atoms with E-state index in [0.29, 0.717) is 24.5 Å². The normalized spacial score (nSPS) is 11.2. The summed E-state index contributed by atoms with van der Waals surface area (Å²) in [6.07, 6.45) is 1.66. The van der Waals surface area contributed by atoms with Crippen LogP contribution in [-0.4, -0.2) is 24.3 Å². The van der Waals surface area contributed by atoms with Gasteiger partial charge in [-0.05, 0) is 60.4 Å². The van der Waals surface area contributed by atoms with E-state index in [1.54, 1.807) is 18.2 Å². The Bertz CT molecular complexity index is 989. The Hall–Kier alpha value is -3.53.